The van der Waals surface area contributed by atoms with E-state index in [0.29, 0.717) is 11.3 Å². The van der Waals surface area contributed by atoms with E-state index in [1.54, 1.807) is 20.8 Å². The van der Waals surface area contributed by atoms with Gasteiger partial charge >= 0.3 is 6.09 Å². The van der Waals surface area contributed by atoms with Crippen molar-refractivity contribution in [3.8, 4) is 0 Å². The minimum absolute atomic E-state index is 0.0562. The fourth-order valence-electron chi connectivity index (χ4n) is 1.34. The van der Waals surface area contributed by atoms with Gasteiger partial charge in [0.2, 0.25) is 0 Å². The molecule has 0 radical (unpaired) electrons. The van der Waals surface area contributed by atoms with Gasteiger partial charge in [-0.15, -0.1) is 0 Å². The van der Waals surface area contributed by atoms with Crippen LogP contribution in [0.2, 0.25) is 0 Å². The highest BCUT2D eigenvalue weighted by molar-refractivity contribution is 5.85. The Bertz CT molecular complexity index is 519. The standard InChI is InChI=1S/C12H15FN4O2/c1-12(2,3)19-11(18)16-10-5-4-9(13)6-8(10)7-15-17-14/h4-6H,7H2,1-3H3,(H,16,18). The number of carbonyl (C=O) groups is 1. The number of halogens is 1. The van der Waals surface area contributed by atoms with E-state index in [1.165, 1.54) is 18.2 Å². The topological polar surface area (TPSA) is 87.1 Å². The molecule has 0 atom stereocenters. The highest BCUT2D eigenvalue weighted by Gasteiger charge is 2.17. The Labute approximate surface area is 110 Å². The van der Waals surface area contributed by atoms with Crippen molar-refractivity contribution in [2.45, 2.75) is 32.9 Å². The molecule has 0 saturated carbocycles. The van der Waals surface area contributed by atoms with Crippen LogP contribution in [0.4, 0.5) is 14.9 Å². The van der Waals surface area contributed by atoms with E-state index in [2.05, 4.69) is 15.3 Å². The second-order valence-electron chi connectivity index (χ2n) is 4.82. The van der Waals surface area contributed by atoms with Gasteiger partial charge in [-0.2, -0.15) is 0 Å². The number of carbonyl (C=O) groups excluding carboxylic acids is 1. The second-order valence-corrected chi connectivity index (χ2v) is 4.82. The minimum Gasteiger partial charge on any atom is -0.444 e. The van der Waals surface area contributed by atoms with Gasteiger partial charge in [0.15, 0.2) is 0 Å². The van der Waals surface area contributed by atoms with Crippen molar-refractivity contribution in [1.82, 2.24) is 0 Å². The Morgan fingerprint density at radius 2 is 2.21 bits per heavy atom. The number of amides is 1. The molecule has 0 aromatic heterocycles. The maximum atomic E-state index is 13.1. The summed E-state index contributed by atoms with van der Waals surface area (Å²) in [6, 6.07) is 3.79. The number of nitrogens with one attached hydrogen (secondary N) is 1. The van der Waals surface area contributed by atoms with E-state index in [9.17, 15) is 9.18 Å². The van der Waals surface area contributed by atoms with E-state index in [0.717, 1.165) is 0 Å². The molecule has 1 N–H and O–H groups in total. The molecular formula is C12H15FN4O2. The van der Waals surface area contributed by atoms with Crippen molar-refractivity contribution in [2.24, 2.45) is 5.11 Å². The third-order valence-electron chi connectivity index (χ3n) is 2.01. The Kier molecular flexibility index (Phi) is 4.72. The molecule has 0 aliphatic carbocycles. The van der Waals surface area contributed by atoms with Gasteiger partial charge in [0, 0.05) is 10.6 Å². The number of nitrogens with zero attached hydrogens (tertiary/aromatic N) is 3. The summed E-state index contributed by atoms with van der Waals surface area (Å²) in [5.74, 6) is -0.474. The first-order valence-electron chi connectivity index (χ1n) is 5.61. The highest BCUT2D eigenvalue weighted by atomic mass is 19.1. The van der Waals surface area contributed by atoms with Crippen LogP contribution in [0.25, 0.3) is 10.4 Å². The lowest BCUT2D eigenvalue weighted by Crippen LogP contribution is -2.27. The monoisotopic (exact) mass is 266 g/mol. The van der Waals surface area contributed by atoms with Gasteiger partial charge in [-0.3, -0.25) is 5.32 Å². The molecule has 0 aliphatic rings. The molecule has 1 aromatic carbocycles. The Balaban J connectivity index is 2.87. The van der Waals surface area contributed by atoms with Gasteiger partial charge in [0.05, 0.1) is 6.54 Å². The fourth-order valence-corrected chi connectivity index (χ4v) is 1.34. The molecule has 1 aromatic rings. The molecule has 0 aliphatic heterocycles. The maximum Gasteiger partial charge on any atom is 0.412 e. The zero-order valence-electron chi connectivity index (χ0n) is 11.0. The summed E-state index contributed by atoms with van der Waals surface area (Å²) >= 11 is 0. The van der Waals surface area contributed by atoms with E-state index in [-0.39, 0.29) is 6.54 Å². The number of ether oxygens (including phenoxy) is 1. The van der Waals surface area contributed by atoms with Gasteiger partial charge in [0.1, 0.15) is 11.4 Å². The smallest absolute Gasteiger partial charge is 0.412 e. The highest BCUT2D eigenvalue weighted by Crippen LogP contribution is 2.19. The van der Waals surface area contributed by atoms with E-state index in [1.807, 2.05) is 0 Å². The number of benzene rings is 1. The van der Waals surface area contributed by atoms with Crippen LogP contribution in [0.5, 0.6) is 0 Å². The Hall–Kier alpha value is -2.27. The predicted molar refractivity (Wildman–Crippen MR) is 69.1 cm³/mol. The van der Waals surface area contributed by atoms with Gasteiger partial charge in [0.25, 0.3) is 0 Å². The van der Waals surface area contributed by atoms with E-state index < -0.39 is 17.5 Å². The molecule has 1 amide bonds. The number of hydrogen-bond acceptors (Lipinski definition) is 3. The van der Waals surface area contributed by atoms with Crippen LogP contribution in [-0.4, -0.2) is 11.7 Å². The van der Waals surface area contributed by atoms with Crippen LogP contribution in [0.15, 0.2) is 23.3 Å². The minimum atomic E-state index is -0.652. The van der Waals surface area contributed by atoms with Crippen molar-refractivity contribution in [3.05, 3.63) is 40.0 Å². The average molecular weight is 266 g/mol. The number of anilines is 1. The normalized spacial score (nSPS) is 10.5. The summed E-state index contributed by atoms with van der Waals surface area (Å²) in [6.45, 7) is 5.15. The summed E-state index contributed by atoms with van der Waals surface area (Å²) in [5, 5.41) is 5.84. The molecule has 0 spiro atoms. The second kappa shape index (κ2) is 6.06. The fraction of sp³-hybridized carbons (Fsp3) is 0.417. The van der Waals surface area contributed by atoms with Crippen LogP contribution in [0, 0.1) is 5.82 Å². The molecule has 1 rings (SSSR count). The van der Waals surface area contributed by atoms with Crippen LogP contribution >= 0.6 is 0 Å². The summed E-state index contributed by atoms with van der Waals surface area (Å²) in [6.07, 6.45) is -0.652. The molecule has 0 heterocycles. The molecule has 7 heteroatoms. The molecular weight excluding hydrogens is 251 g/mol. The van der Waals surface area contributed by atoms with Gasteiger partial charge in [-0.1, -0.05) is 5.11 Å². The predicted octanol–water partition coefficient (Wildman–Crippen LogP) is 3.98. The summed E-state index contributed by atoms with van der Waals surface area (Å²) in [5.41, 5.74) is 8.37. The van der Waals surface area contributed by atoms with Crippen molar-refractivity contribution in [1.29, 1.82) is 0 Å². The molecule has 0 fully saturated rings. The Morgan fingerprint density at radius 3 is 2.79 bits per heavy atom. The molecule has 102 valence electrons. The van der Waals surface area contributed by atoms with Gasteiger partial charge in [-0.05, 0) is 50.1 Å². The summed E-state index contributed by atoms with van der Waals surface area (Å²) in [4.78, 5) is 14.2. The van der Waals surface area contributed by atoms with Crippen molar-refractivity contribution < 1.29 is 13.9 Å². The molecule has 6 nitrogen and oxygen atoms in total. The van der Waals surface area contributed by atoms with Crippen LogP contribution in [0.1, 0.15) is 26.3 Å². The summed E-state index contributed by atoms with van der Waals surface area (Å²) in [7, 11) is 0. The maximum absolute atomic E-state index is 13.1. The SMILES string of the molecule is CC(C)(C)OC(=O)Nc1ccc(F)cc1CN=[N+]=[N-]. The first kappa shape index (κ1) is 14.8. The summed E-state index contributed by atoms with van der Waals surface area (Å²) < 4.78 is 18.2. The van der Waals surface area contributed by atoms with Crippen LogP contribution in [0.3, 0.4) is 0 Å². The van der Waals surface area contributed by atoms with Crippen molar-refractivity contribution in [3.63, 3.8) is 0 Å². The zero-order valence-corrected chi connectivity index (χ0v) is 11.0. The zero-order chi connectivity index (χ0) is 14.5. The molecule has 19 heavy (non-hydrogen) atoms. The Morgan fingerprint density at radius 1 is 1.53 bits per heavy atom. The quantitative estimate of drug-likeness (QED) is 0.509. The molecule has 0 unspecified atom stereocenters. The van der Waals surface area contributed by atoms with E-state index >= 15 is 0 Å². The number of rotatable bonds is 3. The van der Waals surface area contributed by atoms with Crippen LogP contribution < -0.4 is 5.32 Å². The largest absolute Gasteiger partial charge is 0.444 e. The third kappa shape index (κ3) is 5.27. The molecule has 0 saturated heterocycles. The van der Waals surface area contributed by atoms with Gasteiger partial charge < -0.3 is 4.74 Å². The number of azide groups is 1. The number of hydrogen-bond donors (Lipinski definition) is 1. The lowest BCUT2D eigenvalue weighted by Gasteiger charge is -2.20. The first-order valence-corrected chi connectivity index (χ1v) is 5.61. The average Bonchev–Trinajstić information content (AvgIpc) is 2.27. The first-order chi connectivity index (χ1) is 8.81. The van der Waals surface area contributed by atoms with Crippen molar-refractivity contribution in [2.75, 3.05) is 5.32 Å². The van der Waals surface area contributed by atoms with E-state index in [4.69, 9.17) is 10.3 Å². The van der Waals surface area contributed by atoms with Crippen molar-refractivity contribution >= 4 is 11.8 Å². The molecule has 0 bridgehead atoms. The lowest BCUT2D eigenvalue weighted by atomic mass is 10.1. The third-order valence-corrected chi connectivity index (χ3v) is 2.01. The lowest BCUT2D eigenvalue weighted by molar-refractivity contribution is 0.0636. The van der Waals surface area contributed by atoms with Crippen LogP contribution in [-0.2, 0) is 11.3 Å². The van der Waals surface area contributed by atoms with Gasteiger partial charge in [-0.25, -0.2) is 9.18 Å².